The van der Waals surface area contributed by atoms with E-state index in [2.05, 4.69) is 15.9 Å². The summed E-state index contributed by atoms with van der Waals surface area (Å²) in [5.41, 5.74) is 2.00. The maximum atomic E-state index is 14.9. The fraction of sp³-hybridized carbons (Fsp3) is 0.250. The molecule has 0 radical (unpaired) electrons. The Kier molecular flexibility index (Phi) is 6.99. The zero-order chi connectivity index (χ0) is 24.7. The molecule has 1 atom stereocenters. The van der Waals surface area contributed by atoms with Crippen molar-refractivity contribution >= 4 is 36.0 Å². The SMILES string of the molecule is Cc1ccc(S(=O)(=O)N2CCC(c3ccc(Br)cc3F)N(S(=O)(=O)c3ccc(C)cc3)C2)cc1. The number of halogens is 2. The van der Waals surface area contributed by atoms with Gasteiger partial charge in [0.25, 0.3) is 0 Å². The fourth-order valence-corrected chi connectivity index (χ4v) is 7.36. The van der Waals surface area contributed by atoms with Crippen LogP contribution in [0.4, 0.5) is 4.39 Å². The van der Waals surface area contributed by atoms with Crippen molar-refractivity contribution in [2.24, 2.45) is 0 Å². The van der Waals surface area contributed by atoms with Crippen LogP contribution in [0.15, 0.2) is 81.0 Å². The van der Waals surface area contributed by atoms with Gasteiger partial charge in [0.15, 0.2) is 0 Å². The number of aryl methyl sites for hydroxylation is 2. The maximum Gasteiger partial charge on any atom is 0.244 e. The quantitative estimate of drug-likeness (QED) is 0.436. The highest BCUT2D eigenvalue weighted by atomic mass is 79.9. The molecule has 0 amide bonds. The van der Waals surface area contributed by atoms with E-state index in [1.165, 1.54) is 36.4 Å². The van der Waals surface area contributed by atoms with Gasteiger partial charge in [-0.1, -0.05) is 57.4 Å². The Balaban J connectivity index is 1.78. The predicted molar refractivity (Wildman–Crippen MR) is 132 cm³/mol. The summed E-state index contributed by atoms with van der Waals surface area (Å²) in [5.74, 6) is -0.557. The number of rotatable bonds is 5. The molecule has 0 aromatic heterocycles. The third-order valence-corrected chi connectivity index (χ3v) is 10.1. The van der Waals surface area contributed by atoms with Crippen molar-refractivity contribution in [3.63, 3.8) is 0 Å². The summed E-state index contributed by atoms with van der Waals surface area (Å²) in [6, 6.07) is 16.3. The van der Waals surface area contributed by atoms with Crippen molar-refractivity contribution in [2.45, 2.75) is 36.1 Å². The minimum Gasteiger partial charge on any atom is -0.207 e. The second-order valence-corrected chi connectivity index (χ2v) is 13.1. The second-order valence-electron chi connectivity index (χ2n) is 8.31. The molecule has 3 aromatic carbocycles. The minimum atomic E-state index is -4.14. The molecule has 3 aromatic rings. The first-order valence-electron chi connectivity index (χ1n) is 10.6. The molecule has 0 aliphatic carbocycles. The molecule has 1 aliphatic rings. The number of hydrogen-bond donors (Lipinski definition) is 0. The van der Waals surface area contributed by atoms with Gasteiger partial charge in [-0.2, -0.15) is 8.61 Å². The van der Waals surface area contributed by atoms with Gasteiger partial charge in [-0.25, -0.2) is 21.2 Å². The smallest absolute Gasteiger partial charge is 0.207 e. The van der Waals surface area contributed by atoms with Gasteiger partial charge in [-0.15, -0.1) is 0 Å². The highest BCUT2D eigenvalue weighted by molar-refractivity contribution is 9.10. The van der Waals surface area contributed by atoms with Crippen molar-refractivity contribution in [1.29, 1.82) is 0 Å². The molecular formula is C24H24BrFN2O4S2. The van der Waals surface area contributed by atoms with E-state index in [9.17, 15) is 21.2 Å². The summed E-state index contributed by atoms with van der Waals surface area (Å²) < 4.78 is 71.7. The van der Waals surface area contributed by atoms with Crippen LogP contribution in [0.25, 0.3) is 0 Å². The lowest BCUT2D eigenvalue weighted by atomic mass is 10.0. The van der Waals surface area contributed by atoms with Gasteiger partial charge in [-0.3, -0.25) is 0 Å². The van der Waals surface area contributed by atoms with Crippen LogP contribution in [0.2, 0.25) is 0 Å². The van der Waals surface area contributed by atoms with Gasteiger partial charge >= 0.3 is 0 Å². The van der Waals surface area contributed by atoms with E-state index in [1.54, 1.807) is 30.3 Å². The highest BCUT2D eigenvalue weighted by Gasteiger charge is 2.42. The van der Waals surface area contributed by atoms with Crippen molar-refractivity contribution in [1.82, 2.24) is 8.61 Å². The van der Waals surface area contributed by atoms with Gasteiger partial charge in [-0.05, 0) is 56.7 Å². The molecule has 4 rings (SSSR count). The number of benzene rings is 3. The molecule has 6 nitrogen and oxygen atoms in total. The Bertz CT molecular complexity index is 1410. The van der Waals surface area contributed by atoms with Crippen molar-refractivity contribution in [3.05, 3.63) is 93.7 Å². The number of hydrogen-bond acceptors (Lipinski definition) is 4. The Morgan fingerprint density at radius 2 is 1.35 bits per heavy atom. The van der Waals surface area contributed by atoms with E-state index in [1.807, 2.05) is 13.8 Å². The standard InChI is InChI=1S/C24H24BrFN2O4S2/c1-17-3-8-20(9-4-17)33(29,30)27-14-13-24(22-12-7-19(25)15-23(22)26)28(16-27)34(31,32)21-10-5-18(2)6-11-21/h3-12,15,24H,13-14,16H2,1-2H3. The molecule has 0 bridgehead atoms. The highest BCUT2D eigenvalue weighted by Crippen LogP contribution is 2.37. The van der Waals surface area contributed by atoms with E-state index in [4.69, 9.17) is 0 Å². The van der Waals surface area contributed by atoms with E-state index >= 15 is 0 Å². The van der Waals surface area contributed by atoms with Gasteiger partial charge in [0, 0.05) is 16.6 Å². The second kappa shape index (κ2) is 9.50. The third-order valence-electron chi connectivity index (χ3n) is 5.90. The van der Waals surface area contributed by atoms with Gasteiger partial charge in [0.05, 0.1) is 22.5 Å². The molecule has 34 heavy (non-hydrogen) atoms. The molecule has 0 N–H and O–H groups in total. The van der Waals surface area contributed by atoms with Gasteiger partial charge < -0.3 is 0 Å². The normalized spacial score (nSPS) is 18.2. The summed E-state index contributed by atoms with van der Waals surface area (Å²) in [4.78, 5) is 0.106. The molecule has 1 fully saturated rings. The molecule has 1 aliphatic heterocycles. The molecule has 10 heteroatoms. The molecular weight excluding hydrogens is 543 g/mol. The molecule has 1 heterocycles. The van der Waals surface area contributed by atoms with Crippen molar-refractivity contribution in [2.75, 3.05) is 13.2 Å². The summed E-state index contributed by atoms with van der Waals surface area (Å²) in [6.07, 6.45) is 0.106. The Morgan fingerprint density at radius 3 is 1.88 bits per heavy atom. The van der Waals surface area contributed by atoms with Crippen LogP contribution in [-0.4, -0.2) is 38.7 Å². The Labute approximate surface area is 208 Å². The monoisotopic (exact) mass is 566 g/mol. The minimum absolute atomic E-state index is 0.0233. The summed E-state index contributed by atoms with van der Waals surface area (Å²) >= 11 is 3.23. The Morgan fingerprint density at radius 1 is 0.824 bits per heavy atom. The summed E-state index contributed by atoms with van der Waals surface area (Å²) in [7, 11) is -8.09. The average Bonchev–Trinajstić information content (AvgIpc) is 2.79. The maximum absolute atomic E-state index is 14.9. The summed E-state index contributed by atoms with van der Waals surface area (Å²) in [5, 5.41) is 0. The van der Waals surface area contributed by atoms with Crippen molar-refractivity contribution in [3.8, 4) is 0 Å². The largest absolute Gasteiger partial charge is 0.244 e. The zero-order valence-electron chi connectivity index (χ0n) is 18.6. The summed E-state index contributed by atoms with van der Waals surface area (Å²) in [6.45, 7) is 3.32. The topological polar surface area (TPSA) is 74.8 Å². The molecule has 1 saturated heterocycles. The van der Waals surface area contributed by atoms with E-state index in [0.717, 1.165) is 19.7 Å². The van der Waals surface area contributed by atoms with Crippen LogP contribution in [0.3, 0.4) is 0 Å². The third kappa shape index (κ3) is 4.83. The zero-order valence-corrected chi connectivity index (χ0v) is 21.9. The molecule has 180 valence electrons. The lowest BCUT2D eigenvalue weighted by molar-refractivity contribution is 0.167. The van der Waals surface area contributed by atoms with Crippen LogP contribution in [0, 0.1) is 19.7 Å². The predicted octanol–water partition coefficient (Wildman–Crippen LogP) is 4.99. The fourth-order valence-electron chi connectivity index (χ4n) is 3.96. The first-order valence-corrected chi connectivity index (χ1v) is 14.3. The van der Waals surface area contributed by atoms with Crippen LogP contribution in [0.1, 0.15) is 29.2 Å². The van der Waals surface area contributed by atoms with Gasteiger partial charge in [0.2, 0.25) is 20.0 Å². The van der Waals surface area contributed by atoms with Crippen LogP contribution in [0.5, 0.6) is 0 Å². The van der Waals surface area contributed by atoms with Crippen LogP contribution < -0.4 is 0 Å². The first kappa shape index (κ1) is 25.0. The average molecular weight is 568 g/mol. The van der Waals surface area contributed by atoms with E-state index in [0.29, 0.717) is 4.47 Å². The molecule has 0 spiro atoms. The first-order chi connectivity index (χ1) is 16.0. The molecule has 0 saturated carbocycles. The van der Waals surface area contributed by atoms with Crippen LogP contribution >= 0.6 is 15.9 Å². The Hall–Kier alpha value is -2.11. The lowest BCUT2D eigenvalue weighted by Crippen LogP contribution is -2.51. The lowest BCUT2D eigenvalue weighted by Gasteiger charge is -2.40. The van der Waals surface area contributed by atoms with Gasteiger partial charge in [0.1, 0.15) is 5.82 Å². The number of nitrogens with zero attached hydrogens (tertiary/aromatic N) is 2. The number of sulfonamides is 2. The van der Waals surface area contributed by atoms with E-state index < -0.39 is 38.6 Å². The molecule has 1 unspecified atom stereocenters. The van der Waals surface area contributed by atoms with E-state index in [-0.39, 0.29) is 28.3 Å². The van der Waals surface area contributed by atoms with Crippen LogP contribution in [-0.2, 0) is 20.0 Å². The van der Waals surface area contributed by atoms with Crippen molar-refractivity contribution < 1.29 is 21.2 Å².